The lowest BCUT2D eigenvalue weighted by molar-refractivity contribution is -0.143. The SMILES string of the molecule is CCOC(=O)CCCNC(=S)N1CCC(N2CC(COc3ccccc3)OC2=O)CC1. The summed E-state index contributed by atoms with van der Waals surface area (Å²) in [5, 5.41) is 3.91. The number of ether oxygens (including phenoxy) is 3. The van der Waals surface area contributed by atoms with Crippen molar-refractivity contribution in [2.24, 2.45) is 0 Å². The molecule has 3 rings (SSSR count). The highest BCUT2D eigenvalue weighted by Gasteiger charge is 2.38. The summed E-state index contributed by atoms with van der Waals surface area (Å²) < 4.78 is 16.1. The third-order valence-corrected chi connectivity index (χ3v) is 5.82. The van der Waals surface area contributed by atoms with Gasteiger partial charge in [0.15, 0.2) is 11.2 Å². The quantitative estimate of drug-likeness (QED) is 0.350. The van der Waals surface area contributed by atoms with Crippen LogP contribution in [-0.2, 0) is 14.3 Å². The molecule has 2 aliphatic heterocycles. The summed E-state index contributed by atoms with van der Waals surface area (Å²) in [5.41, 5.74) is 0. The van der Waals surface area contributed by atoms with Gasteiger partial charge in [0.25, 0.3) is 0 Å². The topological polar surface area (TPSA) is 80.3 Å². The van der Waals surface area contributed by atoms with Crippen LogP contribution in [0.4, 0.5) is 4.79 Å². The van der Waals surface area contributed by atoms with Gasteiger partial charge in [-0.25, -0.2) is 4.79 Å². The van der Waals surface area contributed by atoms with Crippen molar-refractivity contribution < 1.29 is 23.8 Å². The number of hydrogen-bond acceptors (Lipinski definition) is 6. The van der Waals surface area contributed by atoms with Crippen molar-refractivity contribution in [3.8, 4) is 5.75 Å². The normalized spacial score (nSPS) is 19.1. The van der Waals surface area contributed by atoms with Gasteiger partial charge in [-0.3, -0.25) is 4.79 Å². The van der Waals surface area contributed by atoms with Crippen LogP contribution in [0.25, 0.3) is 0 Å². The van der Waals surface area contributed by atoms with E-state index in [9.17, 15) is 9.59 Å². The van der Waals surface area contributed by atoms with E-state index in [1.54, 1.807) is 6.92 Å². The van der Waals surface area contributed by atoms with E-state index in [1.807, 2.05) is 35.2 Å². The van der Waals surface area contributed by atoms with Gasteiger partial charge in [0.1, 0.15) is 12.4 Å². The standard InChI is InChI=1S/C22H31N3O5S/c1-2-28-20(26)9-6-12-23-21(31)24-13-10-17(11-14-24)25-15-19(30-22(25)27)16-29-18-7-4-3-5-8-18/h3-5,7-8,17,19H,2,6,9-16H2,1H3,(H,23,31). The van der Waals surface area contributed by atoms with E-state index in [0.717, 1.165) is 31.7 Å². The van der Waals surface area contributed by atoms with Crippen LogP contribution >= 0.6 is 12.2 Å². The van der Waals surface area contributed by atoms with Crippen molar-refractivity contribution in [1.82, 2.24) is 15.1 Å². The van der Waals surface area contributed by atoms with Gasteiger partial charge in [0.05, 0.1) is 13.2 Å². The van der Waals surface area contributed by atoms with Crippen LogP contribution in [0.1, 0.15) is 32.6 Å². The lowest BCUT2D eigenvalue weighted by atomic mass is 10.0. The van der Waals surface area contributed by atoms with E-state index in [4.69, 9.17) is 26.4 Å². The van der Waals surface area contributed by atoms with E-state index in [1.165, 1.54) is 0 Å². The highest BCUT2D eigenvalue weighted by Crippen LogP contribution is 2.23. The number of hydrogen-bond donors (Lipinski definition) is 1. The zero-order chi connectivity index (χ0) is 22.1. The number of likely N-dealkylation sites (tertiary alicyclic amines) is 1. The average molecular weight is 450 g/mol. The van der Waals surface area contributed by atoms with Crippen molar-refractivity contribution in [2.45, 2.75) is 44.8 Å². The Hall–Kier alpha value is -2.55. The monoisotopic (exact) mass is 449 g/mol. The van der Waals surface area contributed by atoms with Crippen LogP contribution in [0.5, 0.6) is 5.75 Å². The van der Waals surface area contributed by atoms with Crippen LogP contribution < -0.4 is 10.1 Å². The second kappa shape index (κ2) is 11.7. The first-order valence-electron chi connectivity index (χ1n) is 10.9. The fourth-order valence-corrected chi connectivity index (χ4v) is 4.07. The number of amides is 1. The van der Waals surface area contributed by atoms with Gasteiger partial charge in [-0.1, -0.05) is 18.2 Å². The third-order valence-electron chi connectivity index (χ3n) is 5.41. The van der Waals surface area contributed by atoms with Gasteiger partial charge < -0.3 is 29.3 Å². The molecule has 2 heterocycles. The minimum Gasteiger partial charge on any atom is -0.490 e. The van der Waals surface area contributed by atoms with Crippen molar-refractivity contribution in [1.29, 1.82) is 0 Å². The maximum absolute atomic E-state index is 12.3. The molecule has 31 heavy (non-hydrogen) atoms. The number of cyclic esters (lactones) is 1. The Morgan fingerprint density at radius 1 is 1.26 bits per heavy atom. The Labute approximate surface area is 188 Å². The molecule has 1 aromatic carbocycles. The predicted octanol–water partition coefficient (Wildman–Crippen LogP) is 2.57. The van der Waals surface area contributed by atoms with Gasteiger partial charge >= 0.3 is 12.1 Å². The number of benzene rings is 1. The molecule has 2 fully saturated rings. The molecule has 0 aliphatic carbocycles. The van der Waals surface area contributed by atoms with Crippen LogP contribution in [0, 0.1) is 0 Å². The van der Waals surface area contributed by atoms with Crippen LogP contribution in [-0.4, -0.2) is 78.5 Å². The smallest absolute Gasteiger partial charge is 0.410 e. The largest absolute Gasteiger partial charge is 0.490 e. The summed E-state index contributed by atoms with van der Waals surface area (Å²) in [4.78, 5) is 27.7. The maximum atomic E-state index is 12.3. The summed E-state index contributed by atoms with van der Waals surface area (Å²) in [5.74, 6) is 0.592. The molecule has 2 saturated heterocycles. The first-order valence-corrected chi connectivity index (χ1v) is 11.3. The molecule has 0 spiro atoms. The van der Waals surface area contributed by atoms with E-state index < -0.39 is 0 Å². The Morgan fingerprint density at radius 2 is 2.00 bits per heavy atom. The molecule has 1 N–H and O–H groups in total. The van der Waals surface area contributed by atoms with E-state index >= 15 is 0 Å². The molecule has 1 amide bonds. The number of rotatable bonds is 9. The predicted molar refractivity (Wildman–Crippen MR) is 120 cm³/mol. The summed E-state index contributed by atoms with van der Waals surface area (Å²) in [7, 11) is 0. The second-order valence-electron chi connectivity index (χ2n) is 7.64. The van der Waals surface area contributed by atoms with E-state index in [-0.39, 0.29) is 24.2 Å². The molecule has 1 aromatic rings. The van der Waals surface area contributed by atoms with Gasteiger partial charge in [-0.15, -0.1) is 0 Å². The molecule has 2 aliphatic rings. The molecule has 8 nitrogen and oxygen atoms in total. The molecular weight excluding hydrogens is 418 g/mol. The first kappa shape index (κ1) is 23.1. The van der Waals surface area contributed by atoms with E-state index in [0.29, 0.717) is 44.3 Å². The fourth-order valence-electron chi connectivity index (χ4n) is 3.79. The third kappa shape index (κ3) is 6.99. The number of piperidine rings is 1. The highest BCUT2D eigenvalue weighted by molar-refractivity contribution is 7.80. The number of nitrogens with one attached hydrogen (secondary N) is 1. The molecule has 0 aromatic heterocycles. The lowest BCUT2D eigenvalue weighted by Gasteiger charge is -2.36. The number of para-hydroxylation sites is 1. The number of nitrogens with zero attached hydrogens (tertiary/aromatic N) is 2. The minimum absolute atomic E-state index is 0.150. The Balaban J connectivity index is 1.34. The summed E-state index contributed by atoms with van der Waals surface area (Å²) in [6.07, 6.45) is 2.23. The Kier molecular flexibility index (Phi) is 8.75. The van der Waals surface area contributed by atoms with Gasteiger partial charge in [-0.2, -0.15) is 0 Å². The zero-order valence-corrected chi connectivity index (χ0v) is 18.8. The number of esters is 1. The molecule has 9 heteroatoms. The highest BCUT2D eigenvalue weighted by atomic mass is 32.1. The Morgan fingerprint density at radius 3 is 2.71 bits per heavy atom. The van der Waals surface area contributed by atoms with Crippen molar-refractivity contribution in [2.75, 3.05) is 39.4 Å². The molecular formula is C22H31N3O5S. The second-order valence-corrected chi connectivity index (χ2v) is 8.03. The van der Waals surface area contributed by atoms with Gasteiger partial charge in [0, 0.05) is 32.1 Å². The molecule has 170 valence electrons. The van der Waals surface area contributed by atoms with Crippen molar-refractivity contribution in [3.05, 3.63) is 30.3 Å². The van der Waals surface area contributed by atoms with Gasteiger partial charge in [0.2, 0.25) is 0 Å². The van der Waals surface area contributed by atoms with Crippen LogP contribution in [0.3, 0.4) is 0 Å². The molecule has 0 radical (unpaired) electrons. The molecule has 1 unspecified atom stereocenters. The molecule has 1 atom stereocenters. The summed E-state index contributed by atoms with van der Waals surface area (Å²) in [6.45, 7) is 5.31. The molecule has 0 saturated carbocycles. The van der Waals surface area contributed by atoms with E-state index in [2.05, 4.69) is 10.2 Å². The number of carbonyl (C=O) groups is 2. The van der Waals surface area contributed by atoms with Crippen molar-refractivity contribution >= 4 is 29.4 Å². The maximum Gasteiger partial charge on any atom is 0.410 e. The average Bonchev–Trinajstić information content (AvgIpc) is 3.16. The zero-order valence-electron chi connectivity index (χ0n) is 18.0. The lowest BCUT2D eigenvalue weighted by Crippen LogP contribution is -2.50. The van der Waals surface area contributed by atoms with Crippen molar-refractivity contribution in [3.63, 3.8) is 0 Å². The van der Waals surface area contributed by atoms with Crippen LogP contribution in [0.15, 0.2) is 30.3 Å². The summed E-state index contributed by atoms with van der Waals surface area (Å²) in [6, 6.07) is 9.68. The first-order chi connectivity index (χ1) is 15.1. The number of thiocarbonyl (C=S) groups is 1. The molecule has 0 bridgehead atoms. The fraction of sp³-hybridized carbons (Fsp3) is 0.591. The Bertz CT molecular complexity index is 740. The van der Waals surface area contributed by atoms with Gasteiger partial charge in [-0.05, 0) is 50.5 Å². The number of carbonyl (C=O) groups excluding carboxylic acids is 2. The minimum atomic E-state index is -0.264. The summed E-state index contributed by atoms with van der Waals surface area (Å²) >= 11 is 5.48. The van der Waals surface area contributed by atoms with Crippen LogP contribution in [0.2, 0.25) is 0 Å².